The maximum Gasteiger partial charge on any atom is 0.303 e. The summed E-state index contributed by atoms with van der Waals surface area (Å²) in [5.74, 6) is 0.461. The Hall–Kier alpha value is -3.34. The van der Waals surface area contributed by atoms with Gasteiger partial charge in [0.05, 0.1) is 6.61 Å². The van der Waals surface area contributed by atoms with Gasteiger partial charge >= 0.3 is 5.97 Å². The molecule has 1 aliphatic heterocycles. The molecule has 160 valence electrons. The van der Waals surface area contributed by atoms with Crippen LogP contribution >= 0.6 is 0 Å². The lowest BCUT2D eigenvalue weighted by atomic mass is 9.89. The molecule has 31 heavy (non-hydrogen) atoms. The molecule has 0 radical (unpaired) electrons. The highest BCUT2D eigenvalue weighted by atomic mass is 16.5. The van der Waals surface area contributed by atoms with Gasteiger partial charge in [-0.25, -0.2) is 0 Å². The summed E-state index contributed by atoms with van der Waals surface area (Å²) in [5, 5.41) is 10.9. The van der Waals surface area contributed by atoms with Crippen LogP contribution in [0.2, 0.25) is 0 Å². The third-order valence-corrected chi connectivity index (χ3v) is 5.91. The van der Waals surface area contributed by atoms with Crippen molar-refractivity contribution in [2.24, 2.45) is 0 Å². The van der Waals surface area contributed by atoms with Crippen LogP contribution in [0.15, 0.2) is 66.7 Å². The number of benzene rings is 3. The predicted octanol–water partition coefficient (Wildman–Crippen LogP) is 5.10. The van der Waals surface area contributed by atoms with Crippen molar-refractivity contribution in [3.63, 3.8) is 0 Å². The van der Waals surface area contributed by atoms with Crippen LogP contribution in [0.4, 0.5) is 0 Å². The lowest BCUT2D eigenvalue weighted by Crippen LogP contribution is -2.37. The molecular formula is C26H27NO4. The van der Waals surface area contributed by atoms with Gasteiger partial charge in [0, 0.05) is 25.1 Å². The minimum Gasteiger partial charge on any atom is -0.494 e. The Morgan fingerprint density at radius 3 is 2.48 bits per heavy atom. The van der Waals surface area contributed by atoms with Crippen molar-refractivity contribution in [3.8, 4) is 5.75 Å². The van der Waals surface area contributed by atoms with Crippen LogP contribution in [0.3, 0.4) is 0 Å². The molecule has 0 spiro atoms. The lowest BCUT2D eigenvalue weighted by Gasteiger charge is -2.32. The molecule has 0 unspecified atom stereocenters. The van der Waals surface area contributed by atoms with E-state index in [1.165, 1.54) is 5.56 Å². The number of likely N-dealkylation sites (tertiary alicyclic amines) is 1. The molecule has 1 aliphatic rings. The lowest BCUT2D eigenvalue weighted by molar-refractivity contribution is -0.137. The third kappa shape index (κ3) is 5.23. The molecule has 3 aromatic rings. The molecule has 3 aromatic carbocycles. The highest BCUT2D eigenvalue weighted by molar-refractivity contribution is 5.98. The van der Waals surface area contributed by atoms with Gasteiger partial charge in [-0.1, -0.05) is 42.5 Å². The van der Waals surface area contributed by atoms with Crippen LogP contribution in [0.25, 0.3) is 10.8 Å². The topological polar surface area (TPSA) is 66.8 Å². The summed E-state index contributed by atoms with van der Waals surface area (Å²) in [5.41, 5.74) is 1.96. The van der Waals surface area contributed by atoms with Crippen molar-refractivity contribution in [2.45, 2.75) is 31.6 Å². The summed E-state index contributed by atoms with van der Waals surface area (Å²) < 4.78 is 5.71. The van der Waals surface area contributed by atoms with Gasteiger partial charge in [-0.3, -0.25) is 9.59 Å². The summed E-state index contributed by atoms with van der Waals surface area (Å²) in [6.45, 7) is 1.87. The smallest absolute Gasteiger partial charge is 0.303 e. The second-order valence-corrected chi connectivity index (χ2v) is 8.05. The quantitative estimate of drug-likeness (QED) is 0.543. The Labute approximate surface area is 182 Å². The van der Waals surface area contributed by atoms with Gasteiger partial charge in [-0.05, 0) is 65.8 Å². The van der Waals surface area contributed by atoms with Crippen LogP contribution in [0, 0.1) is 0 Å². The molecule has 1 amide bonds. The van der Waals surface area contributed by atoms with Gasteiger partial charge in [0.1, 0.15) is 5.75 Å². The van der Waals surface area contributed by atoms with Crippen LogP contribution in [0.1, 0.15) is 47.5 Å². The second kappa shape index (κ2) is 9.65. The number of carboxylic acid groups (broad SMARTS) is 1. The molecule has 1 fully saturated rings. The van der Waals surface area contributed by atoms with Gasteiger partial charge in [-0.2, -0.15) is 0 Å². The van der Waals surface area contributed by atoms with E-state index >= 15 is 0 Å². The van der Waals surface area contributed by atoms with E-state index in [9.17, 15) is 9.59 Å². The minimum atomic E-state index is -0.803. The van der Waals surface area contributed by atoms with E-state index in [2.05, 4.69) is 12.1 Å². The van der Waals surface area contributed by atoms with E-state index in [0.717, 1.165) is 48.0 Å². The van der Waals surface area contributed by atoms with Crippen molar-refractivity contribution < 1.29 is 19.4 Å². The standard InChI is InChI=1S/C26H27NO4/c28-25(29)9-4-16-31-24-8-3-7-22(18-24)20-12-14-27(15-13-20)26(30)23-11-10-19-5-1-2-6-21(19)17-23/h1-3,5-8,10-11,17-18,20H,4,9,12-16H2,(H,28,29). The number of aliphatic carboxylic acids is 1. The average molecular weight is 418 g/mol. The number of ether oxygens (including phenoxy) is 1. The van der Waals surface area contributed by atoms with E-state index in [4.69, 9.17) is 9.84 Å². The Morgan fingerprint density at radius 1 is 0.935 bits per heavy atom. The van der Waals surface area contributed by atoms with Gasteiger partial charge in [0.25, 0.3) is 5.91 Å². The molecule has 4 rings (SSSR count). The van der Waals surface area contributed by atoms with E-state index in [1.54, 1.807) is 0 Å². The van der Waals surface area contributed by atoms with Crippen molar-refractivity contribution in [1.82, 2.24) is 4.90 Å². The fraction of sp³-hybridized carbons (Fsp3) is 0.308. The Balaban J connectivity index is 1.34. The Morgan fingerprint density at radius 2 is 1.71 bits per heavy atom. The number of hydrogen-bond donors (Lipinski definition) is 1. The monoisotopic (exact) mass is 417 g/mol. The predicted molar refractivity (Wildman–Crippen MR) is 121 cm³/mol. The molecule has 0 aromatic heterocycles. The van der Waals surface area contributed by atoms with Gasteiger partial charge in [0.2, 0.25) is 0 Å². The molecule has 1 heterocycles. The largest absolute Gasteiger partial charge is 0.494 e. The number of carbonyl (C=O) groups excluding carboxylic acids is 1. The van der Waals surface area contributed by atoms with Gasteiger partial charge in [-0.15, -0.1) is 0 Å². The minimum absolute atomic E-state index is 0.0970. The maximum atomic E-state index is 13.0. The molecule has 0 saturated carbocycles. The van der Waals surface area contributed by atoms with E-state index in [-0.39, 0.29) is 12.3 Å². The van der Waals surface area contributed by atoms with E-state index < -0.39 is 5.97 Å². The SMILES string of the molecule is O=C(O)CCCOc1cccc(C2CCN(C(=O)c3ccc4ccccc4c3)CC2)c1. The van der Waals surface area contributed by atoms with Crippen molar-refractivity contribution in [3.05, 3.63) is 77.9 Å². The van der Waals surface area contributed by atoms with E-state index in [1.807, 2.05) is 59.5 Å². The van der Waals surface area contributed by atoms with Crippen molar-refractivity contribution in [1.29, 1.82) is 0 Å². The molecule has 0 aliphatic carbocycles. The molecule has 1 N–H and O–H groups in total. The van der Waals surface area contributed by atoms with Crippen molar-refractivity contribution in [2.75, 3.05) is 19.7 Å². The Kier molecular flexibility index (Phi) is 6.51. The first-order valence-electron chi connectivity index (χ1n) is 10.8. The molecule has 5 nitrogen and oxygen atoms in total. The van der Waals surface area contributed by atoms with Gasteiger partial charge < -0.3 is 14.7 Å². The average Bonchev–Trinajstić information content (AvgIpc) is 2.81. The number of hydrogen-bond acceptors (Lipinski definition) is 3. The molecule has 0 atom stereocenters. The number of carboxylic acids is 1. The summed E-state index contributed by atoms with van der Waals surface area (Å²) in [4.78, 5) is 25.6. The Bertz CT molecular complexity index is 1070. The molecular weight excluding hydrogens is 390 g/mol. The molecule has 1 saturated heterocycles. The molecule has 0 bridgehead atoms. The normalized spacial score (nSPS) is 14.5. The number of rotatable bonds is 7. The summed E-state index contributed by atoms with van der Waals surface area (Å²) >= 11 is 0. The van der Waals surface area contributed by atoms with Crippen LogP contribution in [-0.4, -0.2) is 41.6 Å². The van der Waals surface area contributed by atoms with Crippen LogP contribution < -0.4 is 4.74 Å². The highest BCUT2D eigenvalue weighted by Crippen LogP contribution is 2.31. The maximum absolute atomic E-state index is 13.0. The van der Waals surface area contributed by atoms with Crippen LogP contribution in [-0.2, 0) is 4.79 Å². The second-order valence-electron chi connectivity index (χ2n) is 8.05. The van der Waals surface area contributed by atoms with Crippen molar-refractivity contribution >= 4 is 22.6 Å². The molecule has 5 heteroatoms. The summed E-state index contributed by atoms with van der Waals surface area (Å²) in [6, 6.07) is 22.0. The summed E-state index contributed by atoms with van der Waals surface area (Å²) in [7, 11) is 0. The first-order valence-corrected chi connectivity index (χ1v) is 10.8. The highest BCUT2D eigenvalue weighted by Gasteiger charge is 2.25. The fourth-order valence-corrected chi connectivity index (χ4v) is 4.19. The van der Waals surface area contributed by atoms with Gasteiger partial charge in [0.15, 0.2) is 0 Å². The van der Waals surface area contributed by atoms with E-state index in [0.29, 0.717) is 18.9 Å². The third-order valence-electron chi connectivity index (χ3n) is 5.91. The number of nitrogens with zero attached hydrogens (tertiary/aromatic N) is 1. The number of fused-ring (bicyclic) bond motifs is 1. The first kappa shape index (κ1) is 20.9. The zero-order valence-electron chi connectivity index (χ0n) is 17.5. The number of piperidine rings is 1. The zero-order valence-corrected chi connectivity index (χ0v) is 17.5. The zero-order chi connectivity index (χ0) is 21.6. The fourth-order valence-electron chi connectivity index (χ4n) is 4.19. The summed E-state index contributed by atoms with van der Waals surface area (Å²) in [6.07, 6.45) is 2.45. The first-order chi connectivity index (χ1) is 15.1. The van der Waals surface area contributed by atoms with Crippen LogP contribution in [0.5, 0.6) is 5.75 Å². The number of carbonyl (C=O) groups is 2. The number of amides is 1.